The van der Waals surface area contributed by atoms with Crippen molar-refractivity contribution in [3.05, 3.63) is 89.8 Å². The molecule has 146 valence electrons. The molecule has 1 N–H and O–H groups in total. The highest BCUT2D eigenvalue weighted by atomic mass is 19.1. The molecule has 0 saturated heterocycles. The molecule has 2 aromatic heterocycles. The number of carbonyl (C=O) groups excluding carboxylic acids is 1. The Morgan fingerprint density at radius 3 is 2.59 bits per heavy atom. The lowest BCUT2D eigenvalue weighted by Gasteiger charge is -2.06. The van der Waals surface area contributed by atoms with E-state index >= 15 is 0 Å². The van der Waals surface area contributed by atoms with Crippen molar-refractivity contribution in [3.63, 3.8) is 0 Å². The number of benzene rings is 2. The normalized spacial score (nSPS) is 10.8. The van der Waals surface area contributed by atoms with Crippen LogP contribution in [0, 0.1) is 12.7 Å². The standard InChI is InChI=1S/C22H19FN4O2/c1-15-20(14-27-12-2-11-24-27)26-22(29-15)17-5-9-19(10-6-17)25-21(28)13-16-3-7-18(23)8-4-16/h2-12H,13-14H2,1H3,(H,25,28). The zero-order chi connectivity index (χ0) is 20.2. The average molecular weight is 390 g/mol. The minimum Gasteiger partial charge on any atom is -0.441 e. The molecule has 0 unspecified atom stereocenters. The molecule has 0 aliphatic heterocycles. The number of oxazole rings is 1. The lowest BCUT2D eigenvalue weighted by molar-refractivity contribution is -0.115. The number of amides is 1. The Morgan fingerprint density at radius 1 is 1.14 bits per heavy atom. The van der Waals surface area contributed by atoms with E-state index in [2.05, 4.69) is 15.4 Å². The Hall–Kier alpha value is -3.74. The zero-order valence-corrected chi connectivity index (χ0v) is 15.8. The second-order valence-corrected chi connectivity index (χ2v) is 6.65. The lowest BCUT2D eigenvalue weighted by Crippen LogP contribution is -2.14. The van der Waals surface area contributed by atoms with Gasteiger partial charge in [0.05, 0.1) is 13.0 Å². The molecule has 0 fully saturated rings. The van der Waals surface area contributed by atoms with E-state index in [0.717, 1.165) is 22.6 Å². The van der Waals surface area contributed by atoms with Crippen LogP contribution >= 0.6 is 0 Å². The molecule has 0 bridgehead atoms. The smallest absolute Gasteiger partial charge is 0.228 e. The van der Waals surface area contributed by atoms with E-state index < -0.39 is 0 Å². The summed E-state index contributed by atoms with van der Waals surface area (Å²) < 4.78 is 20.5. The summed E-state index contributed by atoms with van der Waals surface area (Å²) in [6, 6.07) is 15.0. The lowest BCUT2D eigenvalue weighted by atomic mass is 10.1. The third-order valence-electron chi connectivity index (χ3n) is 4.46. The molecule has 1 amide bonds. The quantitative estimate of drug-likeness (QED) is 0.535. The summed E-state index contributed by atoms with van der Waals surface area (Å²) in [5.74, 6) is 0.776. The summed E-state index contributed by atoms with van der Waals surface area (Å²) in [5.41, 5.74) is 3.05. The van der Waals surface area contributed by atoms with Gasteiger partial charge in [0.25, 0.3) is 0 Å². The fourth-order valence-electron chi connectivity index (χ4n) is 2.93. The van der Waals surface area contributed by atoms with Gasteiger partial charge in [0.1, 0.15) is 17.3 Å². The van der Waals surface area contributed by atoms with E-state index in [1.54, 1.807) is 35.1 Å². The molecule has 0 spiro atoms. The molecule has 0 radical (unpaired) electrons. The number of hydrogen-bond acceptors (Lipinski definition) is 4. The summed E-state index contributed by atoms with van der Waals surface area (Å²) in [5, 5.41) is 7.02. The first-order valence-corrected chi connectivity index (χ1v) is 9.15. The largest absolute Gasteiger partial charge is 0.441 e. The minimum atomic E-state index is -0.320. The van der Waals surface area contributed by atoms with Crippen LogP contribution in [0.3, 0.4) is 0 Å². The molecule has 29 heavy (non-hydrogen) atoms. The topological polar surface area (TPSA) is 73.0 Å². The van der Waals surface area contributed by atoms with Gasteiger partial charge in [-0.1, -0.05) is 12.1 Å². The molecule has 6 nitrogen and oxygen atoms in total. The molecule has 4 aromatic rings. The van der Waals surface area contributed by atoms with E-state index in [-0.39, 0.29) is 18.1 Å². The van der Waals surface area contributed by atoms with E-state index in [4.69, 9.17) is 4.42 Å². The van der Waals surface area contributed by atoms with E-state index in [0.29, 0.717) is 18.1 Å². The fourth-order valence-corrected chi connectivity index (χ4v) is 2.93. The summed E-state index contributed by atoms with van der Waals surface area (Å²) in [7, 11) is 0. The van der Waals surface area contributed by atoms with Crippen LogP contribution in [0.25, 0.3) is 11.5 Å². The maximum absolute atomic E-state index is 13.0. The predicted octanol–water partition coefficient (Wildman–Crippen LogP) is 4.22. The van der Waals surface area contributed by atoms with Crippen molar-refractivity contribution >= 4 is 11.6 Å². The maximum Gasteiger partial charge on any atom is 0.228 e. The van der Waals surface area contributed by atoms with Gasteiger partial charge in [-0.15, -0.1) is 0 Å². The zero-order valence-electron chi connectivity index (χ0n) is 15.8. The van der Waals surface area contributed by atoms with Crippen molar-refractivity contribution in [2.75, 3.05) is 5.32 Å². The van der Waals surface area contributed by atoms with Crippen molar-refractivity contribution < 1.29 is 13.6 Å². The summed E-state index contributed by atoms with van der Waals surface area (Å²) in [6.45, 7) is 2.42. The van der Waals surface area contributed by atoms with Crippen LogP contribution in [0.15, 0.2) is 71.4 Å². The SMILES string of the molecule is Cc1oc(-c2ccc(NC(=O)Cc3ccc(F)cc3)cc2)nc1Cn1cccn1. The summed E-state index contributed by atoms with van der Waals surface area (Å²) in [6.07, 6.45) is 3.77. The molecule has 2 aromatic carbocycles. The van der Waals surface area contributed by atoms with Gasteiger partial charge in [-0.05, 0) is 55.0 Å². The highest BCUT2D eigenvalue weighted by Gasteiger charge is 2.12. The molecule has 2 heterocycles. The second-order valence-electron chi connectivity index (χ2n) is 6.65. The molecule has 0 aliphatic carbocycles. The van der Waals surface area contributed by atoms with Gasteiger partial charge in [-0.2, -0.15) is 5.10 Å². The highest BCUT2D eigenvalue weighted by Crippen LogP contribution is 2.24. The van der Waals surface area contributed by atoms with Crippen LogP contribution in [0.5, 0.6) is 0 Å². The van der Waals surface area contributed by atoms with Crippen molar-refractivity contribution in [2.24, 2.45) is 0 Å². The molecular formula is C22H19FN4O2. The third-order valence-corrected chi connectivity index (χ3v) is 4.46. The number of carbonyl (C=O) groups is 1. The van der Waals surface area contributed by atoms with Crippen LogP contribution in [-0.4, -0.2) is 20.7 Å². The monoisotopic (exact) mass is 390 g/mol. The van der Waals surface area contributed by atoms with Crippen LogP contribution in [0.4, 0.5) is 10.1 Å². The van der Waals surface area contributed by atoms with Gasteiger partial charge < -0.3 is 9.73 Å². The number of aromatic nitrogens is 3. The number of rotatable bonds is 6. The van der Waals surface area contributed by atoms with Gasteiger partial charge in [0, 0.05) is 23.6 Å². The number of halogens is 1. The Bertz CT molecular complexity index is 1100. The molecule has 7 heteroatoms. The Balaban J connectivity index is 1.41. The van der Waals surface area contributed by atoms with Crippen LogP contribution in [0.2, 0.25) is 0 Å². The van der Waals surface area contributed by atoms with Crippen LogP contribution in [0.1, 0.15) is 17.0 Å². The minimum absolute atomic E-state index is 0.169. The number of aryl methyl sites for hydroxylation is 1. The van der Waals surface area contributed by atoms with Crippen LogP contribution in [-0.2, 0) is 17.8 Å². The fraction of sp³-hybridized carbons (Fsp3) is 0.136. The van der Waals surface area contributed by atoms with Gasteiger partial charge in [0.15, 0.2) is 0 Å². The number of nitrogens with zero attached hydrogens (tertiary/aromatic N) is 3. The molecule has 0 aliphatic rings. The van der Waals surface area contributed by atoms with Crippen LogP contribution < -0.4 is 5.32 Å². The number of anilines is 1. The highest BCUT2D eigenvalue weighted by molar-refractivity contribution is 5.92. The van der Waals surface area contributed by atoms with Gasteiger partial charge in [0.2, 0.25) is 11.8 Å². The van der Waals surface area contributed by atoms with Crippen molar-refractivity contribution in [2.45, 2.75) is 19.9 Å². The first-order valence-electron chi connectivity index (χ1n) is 9.15. The van der Waals surface area contributed by atoms with E-state index in [1.807, 2.05) is 31.3 Å². The summed E-state index contributed by atoms with van der Waals surface area (Å²) >= 11 is 0. The average Bonchev–Trinajstić information content (AvgIpc) is 3.35. The Labute approximate surface area is 167 Å². The first kappa shape index (κ1) is 18.6. The number of nitrogens with one attached hydrogen (secondary N) is 1. The first-order chi connectivity index (χ1) is 14.1. The Kier molecular flexibility index (Phi) is 5.20. The van der Waals surface area contributed by atoms with Gasteiger partial charge in [-0.3, -0.25) is 9.48 Å². The van der Waals surface area contributed by atoms with Gasteiger partial charge in [-0.25, -0.2) is 9.37 Å². The van der Waals surface area contributed by atoms with E-state index in [9.17, 15) is 9.18 Å². The third kappa shape index (κ3) is 4.57. The second kappa shape index (κ2) is 8.10. The predicted molar refractivity (Wildman–Crippen MR) is 107 cm³/mol. The van der Waals surface area contributed by atoms with Crippen molar-refractivity contribution in [1.82, 2.24) is 14.8 Å². The van der Waals surface area contributed by atoms with E-state index in [1.165, 1.54) is 12.1 Å². The van der Waals surface area contributed by atoms with Gasteiger partial charge >= 0.3 is 0 Å². The summed E-state index contributed by atoms with van der Waals surface area (Å²) in [4.78, 5) is 16.7. The number of hydrogen-bond donors (Lipinski definition) is 1. The Morgan fingerprint density at radius 2 is 1.90 bits per heavy atom. The molecule has 0 atom stereocenters. The molecular weight excluding hydrogens is 371 g/mol. The molecule has 4 rings (SSSR count). The van der Waals surface area contributed by atoms with Crippen molar-refractivity contribution in [3.8, 4) is 11.5 Å². The van der Waals surface area contributed by atoms with Crippen molar-refractivity contribution in [1.29, 1.82) is 0 Å². The molecule has 0 saturated carbocycles. The maximum atomic E-state index is 13.0.